The van der Waals surface area contributed by atoms with E-state index in [-0.39, 0.29) is 23.9 Å². The highest BCUT2D eigenvalue weighted by Gasteiger charge is 2.42. The van der Waals surface area contributed by atoms with Crippen LogP contribution in [0.15, 0.2) is 42.6 Å². The molecule has 0 radical (unpaired) electrons. The van der Waals surface area contributed by atoms with Crippen LogP contribution in [-0.2, 0) is 11.2 Å². The number of hydrogen-bond donors (Lipinski definition) is 2. The number of likely N-dealkylation sites (tertiary alicyclic amines) is 1. The molecule has 3 unspecified atom stereocenters. The van der Waals surface area contributed by atoms with E-state index in [1.807, 2.05) is 30.5 Å². The third-order valence-electron chi connectivity index (χ3n) is 6.96. The lowest BCUT2D eigenvalue weighted by Gasteiger charge is -2.32. The number of benzene rings is 1. The standard InChI is InChI=1S/C24H32N6O/c31-22(11-10-18-7-2-1-3-8-18)30-16-6-9-21(30)23-19(17-26-28-23)20-12-13-25-24(27-20)29-14-4-5-15-29/h1-3,7-8,12-13,19,21,23,26,28H,4-6,9-11,14-17H2. The third kappa shape index (κ3) is 4.43. The Morgan fingerprint density at radius 3 is 2.74 bits per heavy atom. The molecule has 0 aliphatic carbocycles. The van der Waals surface area contributed by atoms with Gasteiger partial charge in [-0.2, -0.15) is 0 Å². The topological polar surface area (TPSA) is 73.4 Å². The number of carbonyl (C=O) groups excluding carboxylic acids is 1. The van der Waals surface area contributed by atoms with Gasteiger partial charge in [-0.1, -0.05) is 30.3 Å². The van der Waals surface area contributed by atoms with Crippen molar-refractivity contribution >= 4 is 11.9 Å². The number of aromatic nitrogens is 2. The number of nitrogens with one attached hydrogen (secondary N) is 2. The molecular weight excluding hydrogens is 388 g/mol. The summed E-state index contributed by atoms with van der Waals surface area (Å²) >= 11 is 0. The van der Waals surface area contributed by atoms with Crippen LogP contribution in [0.1, 0.15) is 49.3 Å². The fraction of sp³-hybridized carbons (Fsp3) is 0.542. The SMILES string of the molecule is O=C(CCc1ccccc1)N1CCCC1C1NNCC1c1ccnc(N2CCCC2)n1. The molecule has 3 atom stereocenters. The smallest absolute Gasteiger partial charge is 0.225 e. The van der Waals surface area contributed by atoms with Gasteiger partial charge in [-0.3, -0.25) is 15.6 Å². The minimum absolute atomic E-state index is 0.171. The zero-order chi connectivity index (χ0) is 21.0. The van der Waals surface area contributed by atoms with Gasteiger partial charge in [-0.05, 0) is 43.7 Å². The lowest BCUT2D eigenvalue weighted by molar-refractivity contribution is -0.132. The van der Waals surface area contributed by atoms with Gasteiger partial charge in [0, 0.05) is 50.8 Å². The van der Waals surface area contributed by atoms with E-state index in [0.29, 0.717) is 6.42 Å². The number of aryl methyl sites for hydroxylation is 1. The van der Waals surface area contributed by atoms with Crippen molar-refractivity contribution < 1.29 is 4.79 Å². The predicted octanol–water partition coefficient (Wildman–Crippen LogP) is 2.26. The van der Waals surface area contributed by atoms with Crippen molar-refractivity contribution in [2.24, 2.45) is 0 Å². The van der Waals surface area contributed by atoms with Crippen LogP contribution in [0.4, 0.5) is 5.95 Å². The second kappa shape index (κ2) is 9.32. The number of hydrogen-bond acceptors (Lipinski definition) is 6. The third-order valence-corrected chi connectivity index (χ3v) is 6.96. The average molecular weight is 421 g/mol. The molecule has 1 aromatic carbocycles. The predicted molar refractivity (Wildman–Crippen MR) is 121 cm³/mol. The minimum Gasteiger partial charge on any atom is -0.341 e. The Balaban J connectivity index is 1.28. The Morgan fingerprint density at radius 2 is 1.90 bits per heavy atom. The average Bonchev–Trinajstić information content (AvgIpc) is 3.59. The summed E-state index contributed by atoms with van der Waals surface area (Å²) in [5.74, 6) is 1.35. The molecule has 164 valence electrons. The van der Waals surface area contributed by atoms with E-state index in [4.69, 9.17) is 4.98 Å². The molecule has 7 nitrogen and oxygen atoms in total. The Kier molecular flexibility index (Phi) is 6.13. The molecule has 3 aliphatic heterocycles. The molecule has 2 aromatic rings. The summed E-state index contributed by atoms with van der Waals surface area (Å²) in [6.07, 6.45) is 7.79. The summed E-state index contributed by atoms with van der Waals surface area (Å²) in [5.41, 5.74) is 9.11. The summed E-state index contributed by atoms with van der Waals surface area (Å²) in [7, 11) is 0. The lowest BCUT2D eigenvalue weighted by Crippen LogP contribution is -2.50. The van der Waals surface area contributed by atoms with Crippen molar-refractivity contribution in [1.82, 2.24) is 25.7 Å². The molecule has 1 amide bonds. The summed E-state index contributed by atoms with van der Waals surface area (Å²) in [6.45, 7) is 3.76. The number of rotatable bonds is 6. The van der Waals surface area contributed by atoms with Gasteiger partial charge >= 0.3 is 0 Å². The molecule has 3 saturated heterocycles. The van der Waals surface area contributed by atoms with Crippen molar-refractivity contribution in [3.63, 3.8) is 0 Å². The molecule has 5 rings (SSSR count). The Bertz CT molecular complexity index is 885. The zero-order valence-corrected chi connectivity index (χ0v) is 18.0. The fourth-order valence-electron chi connectivity index (χ4n) is 5.32. The maximum absolute atomic E-state index is 13.1. The van der Waals surface area contributed by atoms with Crippen molar-refractivity contribution in [2.75, 3.05) is 31.1 Å². The Labute approximate surface area is 184 Å². The zero-order valence-electron chi connectivity index (χ0n) is 18.0. The van der Waals surface area contributed by atoms with Crippen molar-refractivity contribution in [1.29, 1.82) is 0 Å². The normalized spacial score (nSPS) is 26.0. The molecule has 2 N–H and O–H groups in total. The van der Waals surface area contributed by atoms with E-state index in [0.717, 1.165) is 57.1 Å². The molecule has 0 bridgehead atoms. The minimum atomic E-state index is 0.171. The maximum atomic E-state index is 13.1. The van der Waals surface area contributed by atoms with Crippen LogP contribution < -0.4 is 15.8 Å². The highest BCUT2D eigenvalue weighted by molar-refractivity contribution is 5.77. The number of anilines is 1. The number of hydrazine groups is 1. The van der Waals surface area contributed by atoms with Crippen LogP contribution in [0.5, 0.6) is 0 Å². The molecule has 3 fully saturated rings. The monoisotopic (exact) mass is 420 g/mol. The van der Waals surface area contributed by atoms with Crippen molar-refractivity contribution in [2.45, 2.75) is 56.5 Å². The van der Waals surface area contributed by atoms with E-state index < -0.39 is 0 Å². The first-order valence-electron chi connectivity index (χ1n) is 11.7. The molecule has 0 saturated carbocycles. The van der Waals surface area contributed by atoms with E-state index in [9.17, 15) is 4.79 Å². The molecular formula is C24H32N6O. The number of carbonyl (C=O) groups is 1. The first-order valence-corrected chi connectivity index (χ1v) is 11.7. The highest BCUT2D eigenvalue weighted by atomic mass is 16.2. The number of amides is 1. The summed E-state index contributed by atoms with van der Waals surface area (Å²) < 4.78 is 0. The fourth-order valence-corrected chi connectivity index (χ4v) is 5.32. The molecule has 0 spiro atoms. The van der Waals surface area contributed by atoms with Gasteiger partial charge in [0.15, 0.2) is 0 Å². The second-order valence-corrected chi connectivity index (χ2v) is 8.92. The molecule has 31 heavy (non-hydrogen) atoms. The van der Waals surface area contributed by atoms with E-state index in [1.165, 1.54) is 18.4 Å². The highest BCUT2D eigenvalue weighted by Crippen LogP contribution is 2.31. The Morgan fingerprint density at radius 1 is 1.06 bits per heavy atom. The molecule has 1 aromatic heterocycles. The van der Waals surface area contributed by atoms with Gasteiger partial charge in [0.25, 0.3) is 0 Å². The Hall–Kier alpha value is -2.51. The summed E-state index contributed by atoms with van der Waals surface area (Å²) in [4.78, 5) is 27.0. The van der Waals surface area contributed by atoms with Gasteiger partial charge in [-0.25, -0.2) is 9.97 Å². The summed E-state index contributed by atoms with van der Waals surface area (Å²) in [6, 6.07) is 12.7. The van der Waals surface area contributed by atoms with E-state index in [2.05, 4.69) is 37.8 Å². The lowest BCUT2D eigenvalue weighted by atomic mass is 9.90. The largest absolute Gasteiger partial charge is 0.341 e. The quantitative estimate of drug-likeness (QED) is 0.747. The van der Waals surface area contributed by atoms with Crippen molar-refractivity contribution in [3.05, 3.63) is 53.9 Å². The van der Waals surface area contributed by atoms with E-state index >= 15 is 0 Å². The van der Waals surface area contributed by atoms with Gasteiger partial charge in [0.05, 0.1) is 11.7 Å². The number of nitrogens with zero attached hydrogens (tertiary/aromatic N) is 4. The van der Waals surface area contributed by atoms with Gasteiger partial charge in [0.2, 0.25) is 11.9 Å². The molecule has 4 heterocycles. The summed E-state index contributed by atoms with van der Waals surface area (Å²) in [5, 5.41) is 0. The van der Waals surface area contributed by atoms with Crippen LogP contribution in [-0.4, -0.2) is 59.0 Å². The van der Waals surface area contributed by atoms with Gasteiger partial charge in [-0.15, -0.1) is 0 Å². The van der Waals surface area contributed by atoms with Crippen LogP contribution in [0.2, 0.25) is 0 Å². The first kappa shape index (κ1) is 20.4. The first-order chi connectivity index (χ1) is 15.3. The second-order valence-electron chi connectivity index (χ2n) is 8.92. The van der Waals surface area contributed by atoms with Gasteiger partial charge < -0.3 is 9.80 Å². The van der Waals surface area contributed by atoms with Gasteiger partial charge in [0.1, 0.15) is 0 Å². The molecule has 3 aliphatic rings. The van der Waals surface area contributed by atoms with Crippen LogP contribution >= 0.6 is 0 Å². The van der Waals surface area contributed by atoms with Crippen molar-refractivity contribution in [3.8, 4) is 0 Å². The van der Waals surface area contributed by atoms with Crippen LogP contribution in [0, 0.1) is 0 Å². The van der Waals surface area contributed by atoms with Crippen LogP contribution in [0.3, 0.4) is 0 Å². The van der Waals surface area contributed by atoms with Crippen LogP contribution in [0.25, 0.3) is 0 Å². The van der Waals surface area contributed by atoms with E-state index in [1.54, 1.807) is 0 Å². The molecule has 7 heteroatoms. The maximum Gasteiger partial charge on any atom is 0.225 e.